The Morgan fingerprint density at radius 2 is 1.97 bits per heavy atom. The standard InChI is InChI=1S/C28H31N5O5/c1-28-24-19(21-17-18(37-2)7-8-22(21)30-24)9-11-32(28)27(36)33(26(28)35)23-6-4-3-5-20(23)25(34)29-10-12-31-13-15-38-16-14-31/h3-8,17,30H,9-16H2,1-2H3,(H,29,34)/p+1/t28-/m1/s1. The number of morpholine rings is 1. The van der Waals surface area contributed by atoms with Gasteiger partial charge in [0.2, 0.25) is 0 Å². The number of fused-ring (bicyclic) bond motifs is 5. The smallest absolute Gasteiger partial charge is 0.332 e. The van der Waals surface area contributed by atoms with E-state index < -0.39 is 11.6 Å². The Bertz CT molecular complexity index is 1430. The van der Waals surface area contributed by atoms with Crippen LogP contribution in [0.5, 0.6) is 5.75 Å². The van der Waals surface area contributed by atoms with Crippen LogP contribution in [-0.4, -0.2) is 80.8 Å². The molecule has 1 aromatic heterocycles. The molecule has 4 heterocycles. The number of urea groups is 1. The first-order valence-corrected chi connectivity index (χ1v) is 13.1. The van der Waals surface area contributed by atoms with Crippen LogP contribution in [0.1, 0.15) is 28.5 Å². The third kappa shape index (κ3) is 3.74. The molecular formula is C28H32N5O5+. The number of imide groups is 1. The predicted molar refractivity (Wildman–Crippen MR) is 141 cm³/mol. The maximum absolute atomic E-state index is 14.1. The number of amides is 4. The number of hydrogen-bond donors (Lipinski definition) is 3. The number of carbonyl (C=O) groups is 3. The molecule has 198 valence electrons. The fraction of sp³-hybridized carbons (Fsp3) is 0.393. The van der Waals surface area contributed by atoms with E-state index in [0.29, 0.717) is 36.5 Å². The van der Waals surface area contributed by atoms with E-state index in [1.807, 2.05) is 18.2 Å². The number of anilines is 1. The molecule has 1 atom stereocenters. The number of para-hydroxylation sites is 1. The Balaban J connectivity index is 1.30. The van der Waals surface area contributed by atoms with Crippen LogP contribution in [0.15, 0.2) is 42.5 Å². The van der Waals surface area contributed by atoms with E-state index >= 15 is 0 Å². The van der Waals surface area contributed by atoms with Gasteiger partial charge in [0.05, 0.1) is 50.4 Å². The summed E-state index contributed by atoms with van der Waals surface area (Å²) in [5, 5.41) is 3.96. The number of quaternary nitrogens is 1. The lowest BCUT2D eigenvalue weighted by atomic mass is 9.87. The van der Waals surface area contributed by atoms with E-state index in [1.165, 1.54) is 9.80 Å². The zero-order valence-corrected chi connectivity index (χ0v) is 21.6. The quantitative estimate of drug-likeness (QED) is 0.423. The van der Waals surface area contributed by atoms with Crippen LogP contribution in [-0.2, 0) is 21.5 Å². The fourth-order valence-electron chi connectivity index (χ4n) is 5.98. The van der Waals surface area contributed by atoms with Crippen molar-refractivity contribution in [3.8, 4) is 5.75 Å². The summed E-state index contributed by atoms with van der Waals surface area (Å²) in [6.45, 7) is 6.75. The van der Waals surface area contributed by atoms with Gasteiger partial charge >= 0.3 is 6.03 Å². The lowest BCUT2D eigenvalue weighted by Crippen LogP contribution is -3.14. The molecule has 3 N–H and O–H groups in total. The number of aromatic nitrogens is 1. The summed E-state index contributed by atoms with van der Waals surface area (Å²) in [6.07, 6.45) is 0.608. The maximum Gasteiger partial charge on any atom is 0.332 e. The van der Waals surface area contributed by atoms with Crippen LogP contribution in [0.2, 0.25) is 0 Å². The zero-order chi connectivity index (χ0) is 26.4. The molecule has 0 bridgehead atoms. The molecule has 2 fully saturated rings. The number of ether oxygens (including phenoxy) is 2. The number of carbonyl (C=O) groups excluding carboxylic acids is 3. The first-order valence-electron chi connectivity index (χ1n) is 13.1. The van der Waals surface area contributed by atoms with Gasteiger partial charge in [0.25, 0.3) is 11.8 Å². The van der Waals surface area contributed by atoms with Gasteiger partial charge in [-0.2, -0.15) is 0 Å². The molecule has 10 heteroatoms. The van der Waals surface area contributed by atoms with Crippen LogP contribution in [0.25, 0.3) is 10.9 Å². The summed E-state index contributed by atoms with van der Waals surface area (Å²) in [5.41, 5.74) is 2.01. The van der Waals surface area contributed by atoms with Crippen LogP contribution in [0, 0.1) is 0 Å². The zero-order valence-electron chi connectivity index (χ0n) is 21.6. The number of benzene rings is 2. The highest BCUT2D eigenvalue weighted by Gasteiger charge is 2.59. The molecule has 0 unspecified atom stereocenters. The molecule has 0 spiro atoms. The fourth-order valence-corrected chi connectivity index (χ4v) is 5.98. The molecule has 10 nitrogen and oxygen atoms in total. The molecule has 2 aromatic carbocycles. The third-order valence-electron chi connectivity index (χ3n) is 8.12. The molecular weight excluding hydrogens is 486 g/mol. The van der Waals surface area contributed by atoms with E-state index in [9.17, 15) is 14.4 Å². The molecule has 6 rings (SSSR count). The van der Waals surface area contributed by atoms with Crippen molar-refractivity contribution in [3.63, 3.8) is 0 Å². The van der Waals surface area contributed by atoms with Gasteiger partial charge in [-0.05, 0) is 49.2 Å². The van der Waals surface area contributed by atoms with Crippen molar-refractivity contribution in [3.05, 3.63) is 59.3 Å². The first-order chi connectivity index (χ1) is 18.4. The normalized spacial score (nSPS) is 21.5. The van der Waals surface area contributed by atoms with Crippen LogP contribution in [0.4, 0.5) is 10.5 Å². The molecule has 0 saturated carbocycles. The lowest BCUT2D eigenvalue weighted by molar-refractivity contribution is -0.906. The summed E-state index contributed by atoms with van der Waals surface area (Å²) in [5.74, 6) is 0.0553. The average Bonchev–Trinajstić information content (AvgIpc) is 3.41. The number of H-pyrrole nitrogens is 1. The van der Waals surface area contributed by atoms with E-state index in [0.717, 1.165) is 55.1 Å². The van der Waals surface area contributed by atoms with Gasteiger partial charge in [-0.3, -0.25) is 9.59 Å². The highest BCUT2D eigenvalue weighted by molar-refractivity contribution is 6.25. The number of nitrogens with zero attached hydrogens (tertiary/aromatic N) is 2. The molecule has 0 radical (unpaired) electrons. The Morgan fingerprint density at radius 3 is 2.76 bits per heavy atom. The molecule has 3 aliphatic heterocycles. The van der Waals surface area contributed by atoms with Gasteiger partial charge in [-0.1, -0.05) is 12.1 Å². The first kappa shape index (κ1) is 24.4. The number of rotatable bonds is 6. The minimum absolute atomic E-state index is 0.300. The minimum Gasteiger partial charge on any atom is -0.497 e. The summed E-state index contributed by atoms with van der Waals surface area (Å²) >= 11 is 0. The van der Waals surface area contributed by atoms with Gasteiger partial charge in [0, 0.05) is 17.4 Å². The number of aromatic amines is 1. The van der Waals surface area contributed by atoms with Gasteiger partial charge < -0.3 is 29.6 Å². The van der Waals surface area contributed by atoms with Crippen molar-refractivity contribution >= 4 is 34.4 Å². The Morgan fingerprint density at radius 1 is 1.18 bits per heavy atom. The highest BCUT2D eigenvalue weighted by Crippen LogP contribution is 2.46. The highest BCUT2D eigenvalue weighted by atomic mass is 16.5. The molecule has 2 saturated heterocycles. The van der Waals surface area contributed by atoms with Crippen molar-refractivity contribution in [2.75, 3.05) is 57.9 Å². The summed E-state index contributed by atoms with van der Waals surface area (Å²) in [4.78, 5) is 48.6. The summed E-state index contributed by atoms with van der Waals surface area (Å²) < 4.78 is 10.8. The Kier molecular flexibility index (Phi) is 6.08. The van der Waals surface area contributed by atoms with E-state index in [4.69, 9.17) is 9.47 Å². The SMILES string of the molecule is COc1ccc2[nH]c3c(c2c1)CCN1C(=O)N(c2ccccc2C(=O)NCC[NH+]2CCOCC2)C(=O)[C@@]31C. The molecule has 3 aromatic rings. The molecule has 4 amide bonds. The average molecular weight is 519 g/mol. The molecule has 38 heavy (non-hydrogen) atoms. The second-order valence-electron chi connectivity index (χ2n) is 10.2. The second-order valence-corrected chi connectivity index (χ2v) is 10.2. The largest absolute Gasteiger partial charge is 0.497 e. The number of methoxy groups -OCH3 is 1. The van der Waals surface area contributed by atoms with Crippen LogP contribution < -0.4 is 19.9 Å². The van der Waals surface area contributed by atoms with Crippen molar-refractivity contribution in [2.45, 2.75) is 18.9 Å². The van der Waals surface area contributed by atoms with Crippen LogP contribution in [0.3, 0.4) is 0 Å². The van der Waals surface area contributed by atoms with Crippen molar-refractivity contribution < 1.29 is 28.8 Å². The van der Waals surface area contributed by atoms with E-state index in [-0.39, 0.29) is 11.8 Å². The predicted octanol–water partition coefficient (Wildman–Crippen LogP) is 1.06. The van der Waals surface area contributed by atoms with Crippen molar-refractivity contribution in [1.29, 1.82) is 0 Å². The van der Waals surface area contributed by atoms with Crippen molar-refractivity contribution in [2.24, 2.45) is 0 Å². The number of hydrogen-bond acceptors (Lipinski definition) is 5. The maximum atomic E-state index is 14.1. The van der Waals surface area contributed by atoms with Crippen LogP contribution >= 0.6 is 0 Å². The topological polar surface area (TPSA) is 108 Å². The van der Waals surface area contributed by atoms with Gasteiger partial charge in [-0.25, -0.2) is 9.69 Å². The number of nitrogens with one attached hydrogen (secondary N) is 3. The molecule has 3 aliphatic rings. The van der Waals surface area contributed by atoms with Crippen molar-refractivity contribution in [1.82, 2.24) is 15.2 Å². The minimum atomic E-state index is -1.21. The van der Waals surface area contributed by atoms with Gasteiger partial charge in [-0.15, -0.1) is 0 Å². The summed E-state index contributed by atoms with van der Waals surface area (Å²) in [7, 11) is 1.62. The Hall–Kier alpha value is -3.89. The van der Waals surface area contributed by atoms with Gasteiger partial charge in [0.15, 0.2) is 5.54 Å². The van der Waals surface area contributed by atoms with E-state index in [1.54, 1.807) is 43.2 Å². The third-order valence-corrected chi connectivity index (χ3v) is 8.12. The molecule has 0 aliphatic carbocycles. The monoisotopic (exact) mass is 518 g/mol. The van der Waals surface area contributed by atoms with E-state index in [2.05, 4.69) is 10.3 Å². The Labute approximate surface area is 220 Å². The van der Waals surface area contributed by atoms with Gasteiger partial charge in [0.1, 0.15) is 18.8 Å². The lowest BCUT2D eigenvalue weighted by Gasteiger charge is -2.35. The second kappa shape index (κ2) is 9.45. The summed E-state index contributed by atoms with van der Waals surface area (Å²) in [6, 6.07) is 12.1.